The molecule has 1 aliphatic rings. The maximum absolute atomic E-state index is 5.52. The van der Waals surface area contributed by atoms with Crippen molar-refractivity contribution in [3.05, 3.63) is 221 Å². The summed E-state index contributed by atoms with van der Waals surface area (Å²) >= 11 is 0. The molecular formula is C59H67NO. The zero-order valence-electron chi connectivity index (χ0n) is 38.4. The normalized spacial score (nSPS) is 15.7. The summed E-state index contributed by atoms with van der Waals surface area (Å²) in [4.78, 5) is 2.29. The molecule has 0 fully saturated rings. The first kappa shape index (κ1) is 46.0. The molecule has 61 heavy (non-hydrogen) atoms. The molecule has 0 amide bonds. The molecule has 0 N–H and O–H groups in total. The lowest BCUT2D eigenvalue weighted by atomic mass is 9.84. The summed E-state index contributed by atoms with van der Waals surface area (Å²) in [5.41, 5.74) is 15.3. The molecule has 0 spiro atoms. The predicted molar refractivity (Wildman–Crippen MR) is 269 cm³/mol. The Bertz CT molecular complexity index is 2360. The van der Waals surface area contributed by atoms with Gasteiger partial charge in [-0.1, -0.05) is 180 Å². The Morgan fingerprint density at radius 2 is 1.43 bits per heavy atom. The van der Waals surface area contributed by atoms with E-state index < -0.39 is 0 Å². The van der Waals surface area contributed by atoms with E-state index in [9.17, 15) is 0 Å². The molecular weight excluding hydrogens is 739 g/mol. The molecule has 1 aliphatic carbocycles. The van der Waals surface area contributed by atoms with Crippen LogP contribution >= 0.6 is 0 Å². The van der Waals surface area contributed by atoms with E-state index in [-0.39, 0.29) is 5.41 Å². The number of hydrogen-bond acceptors (Lipinski definition) is 2. The lowest BCUT2D eigenvalue weighted by Crippen LogP contribution is -2.10. The molecule has 0 radical (unpaired) electrons. The van der Waals surface area contributed by atoms with Crippen molar-refractivity contribution in [2.75, 3.05) is 12.0 Å². The van der Waals surface area contributed by atoms with E-state index in [2.05, 4.69) is 238 Å². The summed E-state index contributed by atoms with van der Waals surface area (Å²) in [6.07, 6.45) is 31.3. The summed E-state index contributed by atoms with van der Waals surface area (Å²) in [5.74, 6) is 1.60. The molecule has 0 unspecified atom stereocenters. The standard InChI is InChI=1S/C59H67NO/c1-12-49(25-17-43(3)4)58(52-28-20-45(6)21-29-52)16-14-15-48-23-32-53(33-24-48)60(55-36-38-56(61-11)39-37-55)54-34-30-50(31-35-54)46(7)22-40-57(51-26-18-44(5)19-27-51)47(8)41-42-59(9,10)13-2/h12,14-26,28-43,51H,8,13,27H2,1-7,9-11H3/b15-14+,25-17-,42-41-,46-22+,49-12+,57-40+,58-16-/t51-/m0/s1. The molecule has 1 atom stereocenters. The number of methoxy groups -OCH3 is 1. The zero-order chi connectivity index (χ0) is 43.9. The van der Waals surface area contributed by atoms with E-state index in [0.717, 1.165) is 46.8 Å². The van der Waals surface area contributed by atoms with Crippen LogP contribution in [0.5, 0.6) is 5.75 Å². The Morgan fingerprint density at radius 3 is 1.98 bits per heavy atom. The monoisotopic (exact) mass is 806 g/mol. The van der Waals surface area contributed by atoms with Crippen molar-refractivity contribution in [2.45, 2.75) is 75.2 Å². The van der Waals surface area contributed by atoms with Gasteiger partial charge in [-0.2, -0.15) is 0 Å². The van der Waals surface area contributed by atoms with E-state index in [1.807, 2.05) is 12.1 Å². The number of ether oxygens (including phenoxy) is 1. The van der Waals surface area contributed by atoms with Crippen molar-refractivity contribution >= 4 is 34.3 Å². The highest BCUT2D eigenvalue weighted by Crippen LogP contribution is 2.37. The fourth-order valence-corrected chi connectivity index (χ4v) is 7.05. The van der Waals surface area contributed by atoms with Crippen molar-refractivity contribution in [3.63, 3.8) is 0 Å². The third-order valence-electron chi connectivity index (χ3n) is 11.5. The Kier molecular flexibility index (Phi) is 16.5. The van der Waals surface area contributed by atoms with E-state index in [4.69, 9.17) is 4.74 Å². The Morgan fingerprint density at radius 1 is 0.820 bits per heavy atom. The second-order valence-electron chi connectivity index (χ2n) is 17.1. The quantitative estimate of drug-likeness (QED) is 0.0986. The van der Waals surface area contributed by atoms with E-state index in [1.165, 1.54) is 44.6 Å². The first-order chi connectivity index (χ1) is 29.3. The van der Waals surface area contributed by atoms with Crippen molar-refractivity contribution in [1.29, 1.82) is 0 Å². The minimum absolute atomic E-state index is 0.130. The fourth-order valence-electron chi connectivity index (χ4n) is 7.05. The highest BCUT2D eigenvalue weighted by atomic mass is 16.5. The predicted octanol–water partition coefficient (Wildman–Crippen LogP) is 17.1. The summed E-state index contributed by atoms with van der Waals surface area (Å²) in [7, 11) is 1.70. The average Bonchev–Trinajstić information content (AvgIpc) is 3.27. The second-order valence-corrected chi connectivity index (χ2v) is 17.1. The van der Waals surface area contributed by atoms with Gasteiger partial charge < -0.3 is 9.64 Å². The summed E-state index contributed by atoms with van der Waals surface area (Å²) in [5, 5.41) is 0. The Balaban J connectivity index is 1.44. The van der Waals surface area contributed by atoms with Gasteiger partial charge in [0.1, 0.15) is 5.75 Å². The smallest absolute Gasteiger partial charge is 0.119 e. The molecule has 0 bridgehead atoms. The minimum atomic E-state index is 0.130. The molecule has 2 nitrogen and oxygen atoms in total. The highest BCUT2D eigenvalue weighted by Gasteiger charge is 2.17. The number of allylic oxidation sites excluding steroid dienone is 18. The number of benzene rings is 4. The zero-order valence-corrected chi connectivity index (χ0v) is 38.4. The van der Waals surface area contributed by atoms with Crippen LogP contribution in [-0.4, -0.2) is 7.11 Å². The number of rotatable bonds is 17. The van der Waals surface area contributed by atoms with Crippen LogP contribution < -0.4 is 9.64 Å². The third kappa shape index (κ3) is 13.2. The molecule has 4 aromatic rings. The van der Waals surface area contributed by atoms with Crippen molar-refractivity contribution in [1.82, 2.24) is 0 Å². The van der Waals surface area contributed by atoms with Gasteiger partial charge >= 0.3 is 0 Å². The van der Waals surface area contributed by atoms with Gasteiger partial charge in [0.25, 0.3) is 0 Å². The number of hydrogen-bond donors (Lipinski definition) is 0. The van der Waals surface area contributed by atoms with Crippen LogP contribution in [0.25, 0.3) is 17.2 Å². The van der Waals surface area contributed by atoms with Crippen LogP contribution in [0, 0.1) is 24.2 Å². The molecule has 314 valence electrons. The van der Waals surface area contributed by atoms with Gasteiger partial charge in [-0.05, 0) is 145 Å². The number of nitrogens with zero attached hydrogens (tertiary/aromatic N) is 1. The van der Waals surface area contributed by atoms with Gasteiger partial charge in [0.2, 0.25) is 0 Å². The summed E-state index contributed by atoms with van der Waals surface area (Å²) < 4.78 is 5.52. The second kappa shape index (κ2) is 21.9. The summed E-state index contributed by atoms with van der Waals surface area (Å²) in [6.45, 7) is 24.3. The lowest BCUT2D eigenvalue weighted by Gasteiger charge is -2.26. The van der Waals surface area contributed by atoms with Crippen LogP contribution in [0.15, 0.2) is 199 Å². The maximum Gasteiger partial charge on any atom is 0.119 e. The molecule has 0 aliphatic heterocycles. The topological polar surface area (TPSA) is 12.5 Å². The largest absolute Gasteiger partial charge is 0.497 e. The Hall–Kier alpha value is -6.12. The van der Waals surface area contributed by atoms with Crippen LogP contribution in [0.4, 0.5) is 17.1 Å². The Labute approximate surface area is 368 Å². The van der Waals surface area contributed by atoms with Crippen molar-refractivity contribution in [3.8, 4) is 5.75 Å². The minimum Gasteiger partial charge on any atom is -0.497 e. The fraction of sp³-hybridized carbons (Fsp3) is 0.254. The average molecular weight is 806 g/mol. The first-order valence-electron chi connectivity index (χ1n) is 21.9. The molecule has 0 aromatic heterocycles. The van der Waals surface area contributed by atoms with Crippen LogP contribution in [-0.2, 0) is 0 Å². The van der Waals surface area contributed by atoms with Crippen molar-refractivity contribution in [2.24, 2.45) is 17.3 Å². The van der Waals surface area contributed by atoms with Gasteiger partial charge in [0.15, 0.2) is 0 Å². The third-order valence-corrected chi connectivity index (χ3v) is 11.5. The van der Waals surface area contributed by atoms with Gasteiger partial charge in [-0.3, -0.25) is 0 Å². The van der Waals surface area contributed by atoms with E-state index >= 15 is 0 Å². The number of aryl methyl sites for hydroxylation is 1. The molecule has 0 saturated heterocycles. The molecule has 2 heteroatoms. The van der Waals surface area contributed by atoms with E-state index in [0.29, 0.717) is 11.8 Å². The molecule has 0 heterocycles. The number of anilines is 3. The highest BCUT2D eigenvalue weighted by molar-refractivity contribution is 5.84. The SMILES string of the molecule is C=C(/C=C\C(C)(C)CC)/C(=C\C=C(/C)c1ccc(N(c2ccc(/C=C/C=C(C(/C=C\C(C)C)=C/C)\c3ccc(C)cc3)cc2)c2ccc(OC)cc2)cc1)[C@H]1C=CC(C)=CC1. The van der Waals surface area contributed by atoms with Gasteiger partial charge in [0, 0.05) is 23.0 Å². The van der Waals surface area contributed by atoms with Gasteiger partial charge in [0.05, 0.1) is 7.11 Å². The molecule has 5 rings (SSSR count). The van der Waals surface area contributed by atoms with E-state index in [1.54, 1.807) is 7.11 Å². The lowest BCUT2D eigenvalue weighted by molar-refractivity contribution is 0.415. The van der Waals surface area contributed by atoms with Crippen LogP contribution in [0.2, 0.25) is 0 Å². The van der Waals surface area contributed by atoms with Gasteiger partial charge in [-0.25, -0.2) is 0 Å². The van der Waals surface area contributed by atoms with Crippen LogP contribution in [0.3, 0.4) is 0 Å². The van der Waals surface area contributed by atoms with Crippen molar-refractivity contribution < 1.29 is 4.74 Å². The first-order valence-corrected chi connectivity index (χ1v) is 21.9. The summed E-state index contributed by atoms with van der Waals surface area (Å²) in [6, 6.07) is 34.7. The molecule has 4 aromatic carbocycles. The molecule has 0 saturated carbocycles. The van der Waals surface area contributed by atoms with Gasteiger partial charge in [-0.15, -0.1) is 0 Å². The van der Waals surface area contributed by atoms with Crippen LogP contribution in [0.1, 0.15) is 90.5 Å². The maximum atomic E-state index is 5.52.